The van der Waals surface area contributed by atoms with Crippen LogP contribution in [0.2, 0.25) is 0 Å². The first-order valence-electron chi connectivity index (χ1n) is 6.98. The van der Waals surface area contributed by atoms with Crippen molar-refractivity contribution in [1.29, 1.82) is 0 Å². The Bertz CT molecular complexity index is 277. The number of nitrogens with one attached hydrogen (secondary N) is 1. The Morgan fingerprint density at radius 3 is 2.82 bits per heavy atom. The van der Waals surface area contributed by atoms with Gasteiger partial charge in [0.2, 0.25) is 0 Å². The van der Waals surface area contributed by atoms with Crippen LogP contribution in [0, 0.1) is 11.8 Å². The Labute approximate surface area is 105 Å². The molecule has 1 aliphatic carbocycles. The summed E-state index contributed by atoms with van der Waals surface area (Å²) >= 11 is 0. The number of allylic oxidation sites excluding steroid dienone is 4. The van der Waals surface area contributed by atoms with E-state index in [9.17, 15) is 0 Å². The van der Waals surface area contributed by atoms with Crippen molar-refractivity contribution in [2.24, 2.45) is 11.8 Å². The van der Waals surface area contributed by atoms with Gasteiger partial charge in [0, 0.05) is 13.7 Å². The first-order chi connectivity index (χ1) is 8.42. The first-order valence-corrected chi connectivity index (χ1v) is 6.98. The van der Waals surface area contributed by atoms with Crippen LogP contribution < -0.4 is 5.32 Å². The maximum Gasteiger partial charge on any atom is 0.0468 e. The predicted molar refractivity (Wildman–Crippen MR) is 72.0 cm³/mol. The summed E-state index contributed by atoms with van der Waals surface area (Å²) in [5, 5.41) is 3.46. The van der Waals surface area contributed by atoms with E-state index in [1.165, 1.54) is 45.2 Å². The second-order valence-corrected chi connectivity index (χ2v) is 5.16. The summed E-state index contributed by atoms with van der Waals surface area (Å²) in [5.41, 5.74) is 1.57. The van der Waals surface area contributed by atoms with Gasteiger partial charge in [-0.25, -0.2) is 0 Å². The zero-order chi connectivity index (χ0) is 11.9. The van der Waals surface area contributed by atoms with Crippen molar-refractivity contribution in [3.05, 3.63) is 23.8 Å². The van der Waals surface area contributed by atoms with E-state index in [1.54, 1.807) is 5.57 Å². The lowest BCUT2D eigenvalue weighted by molar-refractivity contribution is 0.161. The fourth-order valence-electron chi connectivity index (χ4n) is 3.07. The summed E-state index contributed by atoms with van der Waals surface area (Å²) < 4.78 is 5.29. The van der Waals surface area contributed by atoms with E-state index >= 15 is 0 Å². The third-order valence-electron chi connectivity index (χ3n) is 4.04. The number of hydrogen-bond donors (Lipinski definition) is 1. The van der Waals surface area contributed by atoms with Crippen LogP contribution in [0.15, 0.2) is 23.8 Å². The fraction of sp³-hybridized carbons (Fsp3) is 0.733. The van der Waals surface area contributed by atoms with E-state index in [0.717, 1.165) is 12.5 Å². The van der Waals surface area contributed by atoms with Gasteiger partial charge in [0.25, 0.3) is 0 Å². The first kappa shape index (κ1) is 12.8. The molecule has 1 atom stereocenters. The summed E-state index contributed by atoms with van der Waals surface area (Å²) in [6, 6.07) is 0. The Kier molecular flexibility index (Phi) is 5.27. The SMILES string of the molecule is COCCC(C1=CCCC=C1)C1CCNCC1. The minimum atomic E-state index is 0.716. The molecule has 0 aromatic carbocycles. The Morgan fingerprint density at radius 1 is 1.35 bits per heavy atom. The van der Waals surface area contributed by atoms with Gasteiger partial charge < -0.3 is 10.1 Å². The lowest BCUT2D eigenvalue weighted by atomic mass is 9.77. The van der Waals surface area contributed by atoms with Gasteiger partial charge in [0.05, 0.1) is 0 Å². The molecule has 17 heavy (non-hydrogen) atoms. The van der Waals surface area contributed by atoms with Crippen LogP contribution in [-0.4, -0.2) is 26.8 Å². The number of ether oxygens (including phenoxy) is 1. The molecule has 1 unspecified atom stereocenters. The molecule has 1 aliphatic heterocycles. The highest BCUT2D eigenvalue weighted by atomic mass is 16.5. The van der Waals surface area contributed by atoms with E-state index in [-0.39, 0.29) is 0 Å². The highest BCUT2D eigenvalue weighted by Crippen LogP contribution is 2.33. The fourth-order valence-corrected chi connectivity index (χ4v) is 3.07. The number of methoxy groups -OCH3 is 1. The van der Waals surface area contributed by atoms with Crippen LogP contribution >= 0.6 is 0 Å². The summed E-state index contributed by atoms with van der Waals surface area (Å²) in [6.45, 7) is 3.26. The van der Waals surface area contributed by atoms with Gasteiger partial charge in [0.15, 0.2) is 0 Å². The van der Waals surface area contributed by atoms with E-state index in [4.69, 9.17) is 4.74 Å². The van der Waals surface area contributed by atoms with Crippen LogP contribution in [0.4, 0.5) is 0 Å². The second kappa shape index (κ2) is 6.97. The highest BCUT2D eigenvalue weighted by Gasteiger charge is 2.25. The van der Waals surface area contributed by atoms with Gasteiger partial charge in [-0.05, 0) is 62.6 Å². The lowest BCUT2D eigenvalue weighted by Gasteiger charge is -2.32. The van der Waals surface area contributed by atoms with Crippen LogP contribution in [0.3, 0.4) is 0 Å². The van der Waals surface area contributed by atoms with Crippen molar-refractivity contribution >= 4 is 0 Å². The van der Waals surface area contributed by atoms with Crippen LogP contribution in [0.25, 0.3) is 0 Å². The van der Waals surface area contributed by atoms with Gasteiger partial charge in [0.1, 0.15) is 0 Å². The molecule has 0 saturated carbocycles. The summed E-state index contributed by atoms with van der Waals surface area (Å²) in [7, 11) is 1.81. The van der Waals surface area contributed by atoms with Gasteiger partial charge >= 0.3 is 0 Å². The van der Waals surface area contributed by atoms with Gasteiger partial charge in [-0.15, -0.1) is 0 Å². The number of hydrogen-bond acceptors (Lipinski definition) is 2. The standard InChI is InChI=1S/C15H25NO/c1-17-12-9-15(13-5-3-2-4-6-13)14-7-10-16-11-8-14/h3,5-6,14-16H,2,4,7-12H2,1H3. The predicted octanol–water partition coefficient (Wildman–Crippen LogP) is 2.92. The van der Waals surface area contributed by atoms with E-state index < -0.39 is 0 Å². The molecule has 1 heterocycles. The average molecular weight is 235 g/mol. The normalized spacial score (nSPS) is 23.5. The molecule has 1 N–H and O–H groups in total. The Hall–Kier alpha value is -0.600. The third kappa shape index (κ3) is 3.68. The van der Waals surface area contributed by atoms with E-state index in [0.29, 0.717) is 5.92 Å². The van der Waals surface area contributed by atoms with Crippen molar-refractivity contribution in [1.82, 2.24) is 5.32 Å². The Morgan fingerprint density at radius 2 is 2.18 bits per heavy atom. The molecule has 1 fully saturated rings. The average Bonchev–Trinajstić information content (AvgIpc) is 2.42. The molecule has 0 bridgehead atoms. The zero-order valence-electron chi connectivity index (χ0n) is 11.0. The molecule has 0 aromatic rings. The second-order valence-electron chi connectivity index (χ2n) is 5.16. The van der Waals surface area contributed by atoms with Crippen molar-refractivity contribution in [3.63, 3.8) is 0 Å². The van der Waals surface area contributed by atoms with Crippen LogP contribution in [0.1, 0.15) is 32.1 Å². The maximum atomic E-state index is 5.29. The lowest BCUT2D eigenvalue weighted by Crippen LogP contribution is -2.32. The summed E-state index contributed by atoms with van der Waals surface area (Å²) in [4.78, 5) is 0. The minimum Gasteiger partial charge on any atom is -0.385 e. The van der Waals surface area contributed by atoms with Crippen molar-refractivity contribution in [3.8, 4) is 0 Å². The molecule has 0 spiro atoms. The zero-order valence-corrected chi connectivity index (χ0v) is 11.0. The quantitative estimate of drug-likeness (QED) is 0.791. The topological polar surface area (TPSA) is 21.3 Å². The largest absolute Gasteiger partial charge is 0.385 e. The summed E-state index contributed by atoms with van der Waals surface area (Å²) in [6.07, 6.45) is 13.4. The van der Waals surface area contributed by atoms with Gasteiger partial charge in [-0.1, -0.05) is 18.2 Å². The Balaban J connectivity index is 2.00. The molecule has 0 amide bonds. The molecule has 2 heteroatoms. The highest BCUT2D eigenvalue weighted by molar-refractivity contribution is 5.25. The molecule has 2 nitrogen and oxygen atoms in total. The molecular formula is C15H25NO. The van der Waals surface area contributed by atoms with Crippen molar-refractivity contribution < 1.29 is 4.74 Å². The monoisotopic (exact) mass is 235 g/mol. The van der Waals surface area contributed by atoms with Crippen molar-refractivity contribution in [2.75, 3.05) is 26.8 Å². The van der Waals surface area contributed by atoms with Crippen LogP contribution in [-0.2, 0) is 4.74 Å². The van der Waals surface area contributed by atoms with Crippen LogP contribution in [0.5, 0.6) is 0 Å². The summed E-state index contributed by atoms with van der Waals surface area (Å²) in [5.74, 6) is 1.56. The minimum absolute atomic E-state index is 0.716. The van der Waals surface area contributed by atoms with E-state index in [2.05, 4.69) is 23.5 Å². The number of rotatable bonds is 5. The maximum absolute atomic E-state index is 5.29. The molecule has 0 aromatic heterocycles. The van der Waals surface area contributed by atoms with E-state index in [1.807, 2.05) is 7.11 Å². The van der Waals surface area contributed by atoms with Gasteiger partial charge in [-0.3, -0.25) is 0 Å². The third-order valence-corrected chi connectivity index (χ3v) is 4.04. The molecule has 96 valence electrons. The molecule has 2 aliphatic rings. The molecule has 0 radical (unpaired) electrons. The van der Waals surface area contributed by atoms with Crippen molar-refractivity contribution in [2.45, 2.75) is 32.1 Å². The molecule has 2 rings (SSSR count). The molecular weight excluding hydrogens is 210 g/mol. The molecule has 1 saturated heterocycles. The van der Waals surface area contributed by atoms with Gasteiger partial charge in [-0.2, -0.15) is 0 Å². The smallest absolute Gasteiger partial charge is 0.0468 e. The number of piperidine rings is 1.